The highest BCUT2D eigenvalue weighted by molar-refractivity contribution is 7.96. The predicted octanol–water partition coefficient (Wildman–Crippen LogP) is 3.85. The fourth-order valence-corrected chi connectivity index (χ4v) is 4.01. The van der Waals surface area contributed by atoms with Gasteiger partial charge in [-0.1, -0.05) is 5.16 Å². The summed E-state index contributed by atoms with van der Waals surface area (Å²) in [4.78, 5) is 26.4. The van der Waals surface area contributed by atoms with Crippen LogP contribution in [0, 0.1) is 5.82 Å². The van der Waals surface area contributed by atoms with E-state index in [9.17, 15) is 9.18 Å². The summed E-state index contributed by atoms with van der Waals surface area (Å²) in [5.74, 6) is 1.23. The normalized spacial score (nSPS) is 11.2. The summed E-state index contributed by atoms with van der Waals surface area (Å²) in [6, 6.07) is 6.47. The van der Waals surface area contributed by atoms with Crippen LogP contribution in [0.1, 0.15) is 25.3 Å². The average molecular weight is 500 g/mol. The number of methoxy groups -OCH3 is 1. The first-order valence-electron chi connectivity index (χ1n) is 10.9. The lowest BCUT2D eigenvalue weighted by Crippen LogP contribution is -2.33. The molecular weight excluding hydrogens is 473 g/mol. The minimum Gasteiger partial charge on any atom is -0.480 e. The van der Waals surface area contributed by atoms with Crippen molar-refractivity contribution in [1.82, 2.24) is 19.4 Å². The van der Waals surface area contributed by atoms with E-state index in [0.717, 1.165) is 6.42 Å². The van der Waals surface area contributed by atoms with Gasteiger partial charge in [0.2, 0.25) is 17.9 Å². The van der Waals surface area contributed by atoms with Crippen molar-refractivity contribution in [1.29, 1.82) is 0 Å². The SMILES string of the molecule is CCN=C(N)N(CCCCN=C=O)SCc1cc(-c2cc(-c3cnc(OC)cn3)no2)ccc1F. The van der Waals surface area contributed by atoms with Gasteiger partial charge in [0, 0.05) is 36.0 Å². The number of rotatable bonds is 12. The standard InChI is InChI=1S/C23H26FN7O3S/c1-3-27-23(25)31(9-5-4-8-26-15-32)35-14-17-10-16(6-7-18(17)24)21-11-19(30-34-21)20-12-29-22(33-2)13-28-20/h6-7,10-13H,3-5,8-9,14H2,1-2H3,(H2,25,27). The van der Waals surface area contributed by atoms with Crippen LogP contribution >= 0.6 is 11.9 Å². The first kappa shape index (κ1) is 25.9. The van der Waals surface area contributed by atoms with E-state index in [4.69, 9.17) is 15.0 Å². The monoisotopic (exact) mass is 499 g/mol. The molecule has 2 aromatic heterocycles. The largest absolute Gasteiger partial charge is 0.480 e. The Hall–Kier alpha value is -3.76. The maximum absolute atomic E-state index is 14.6. The van der Waals surface area contributed by atoms with Gasteiger partial charge in [-0.15, -0.1) is 0 Å². The number of nitrogens with two attached hydrogens (primary N) is 1. The molecule has 0 atom stereocenters. The van der Waals surface area contributed by atoms with Gasteiger partial charge in [0.25, 0.3) is 0 Å². The zero-order valence-corrected chi connectivity index (χ0v) is 20.3. The molecule has 0 aliphatic rings. The molecule has 0 bridgehead atoms. The summed E-state index contributed by atoms with van der Waals surface area (Å²) in [5, 5.41) is 4.05. The van der Waals surface area contributed by atoms with Crippen molar-refractivity contribution in [2.75, 3.05) is 26.7 Å². The van der Waals surface area contributed by atoms with Gasteiger partial charge in [-0.2, -0.15) is 0 Å². The van der Waals surface area contributed by atoms with Gasteiger partial charge in [-0.3, -0.25) is 9.30 Å². The zero-order valence-electron chi connectivity index (χ0n) is 19.5. The summed E-state index contributed by atoms with van der Waals surface area (Å²) in [7, 11) is 1.51. The zero-order chi connectivity index (χ0) is 25.0. The van der Waals surface area contributed by atoms with Crippen LogP contribution in [0.3, 0.4) is 0 Å². The van der Waals surface area contributed by atoms with E-state index >= 15 is 0 Å². The van der Waals surface area contributed by atoms with E-state index in [2.05, 4.69) is 25.1 Å². The molecule has 3 aromatic rings. The van der Waals surface area contributed by atoms with Crippen LogP contribution in [0.4, 0.5) is 4.39 Å². The molecule has 0 saturated heterocycles. The van der Waals surface area contributed by atoms with E-state index in [1.54, 1.807) is 18.2 Å². The second-order valence-corrected chi connectivity index (χ2v) is 8.20. The second-order valence-electron chi connectivity index (χ2n) is 7.21. The minimum atomic E-state index is -0.340. The number of ether oxygens (including phenoxy) is 1. The molecule has 2 N–H and O–H groups in total. The van der Waals surface area contributed by atoms with Gasteiger partial charge in [0.1, 0.15) is 17.2 Å². The molecule has 0 fully saturated rings. The van der Waals surface area contributed by atoms with Crippen LogP contribution in [-0.2, 0) is 10.5 Å². The number of guanidine groups is 1. The fourth-order valence-electron chi connectivity index (χ4n) is 3.05. The molecule has 0 spiro atoms. The predicted molar refractivity (Wildman–Crippen MR) is 132 cm³/mol. The Balaban J connectivity index is 1.71. The summed E-state index contributed by atoms with van der Waals surface area (Å²) in [6.07, 6.45) is 6.01. The number of hydrogen-bond donors (Lipinski definition) is 1. The van der Waals surface area contributed by atoms with Crippen LogP contribution in [0.5, 0.6) is 5.88 Å². The number of unbranched alkanes of at least 4 members (excludes halogenated alkanes) is 1. The van der Waals surface area contributed by atoms with Gasteiger partial charge in [-0.05, 0) is 49.9 Å². The van der Waals surface area contributed by atoms with E-state index in [0.29, 0.717) is 71.9 Å². The van der Waals surface area contributed by atoms with Crippen LogP contribution in [0.15, 0.2) is 51.2 Å². The van der Waals surface area contributed by atoms with Crippen molar-refractivity contribution in [2.45, 2.75) is 25.5 Å². The topological polar surface area (TPSA) is 132 Å². The molecule has 0 amide bonds. The molecule has 0 saturated carbocycles. The summed E-state index contributed by atoms with van der Waals surface area (Å²) < 4.78 is 26.9. The van der Waals surface area contributed by atoms with E-state index in [1.807, 2.05) is 11.2 Å². The second kappa shape index (κ2) is 13.2. The quantitative estimate of drug-likeness (QED) is 0.130. The lowest BCUT2D eigenvalue weighted by Gasteiger charge is -2.22. The van der Waals surface area contributed by atoms with Crippen molar-refractivity contribution in [2.24, 2.45) is 15.7 Å². The number of isocyanates is 1. The first-order valence-corrected chi connectivity index (χ1v) is 11.9. The Kier molecular flexibility index (Phi) is 9.76. The number of benzene rings is 1. The maximum atomic E-state index is 14.6. The Bertz CT molecular complexity index is 1180. The molecule has 0 radical (unpaired) electrons. The molecule has 12 heteroatoms. The Morgan fingerprint density at radius 2 is 2.11 bits per heavy atom. The van der Waals surface area contributed by atoms with Crippen LogP contribution < -0.4 is 10.5 Å². The molecule has 3 rings (SSSR count). The van der Waals surface area contributed by atoms with E-state index in [1.165, 1.54) is 43.6 Å². The van der Waals surface area contributed by atoms with Crippen LogP contribution in [-0.4, -0.2) is 58.2 Å². The third-order valence-corrected chi connectivity index (χ3v) is 5.96. The van der Waals surface area contributed by atoms with Crippen LogP contribution in [0.2, 0.25) is 0 Å². The van der Waals surface area contributed by atoms with Gasteiger partial charge in [-0.25, -0.2) is 24.1 Å². The highest BCUT2D eigenvalue weighted by atomic mass is 32.2. The summed E-state index contributed by atoms with van der Waals surface area (Å²) >= 11 is 1.36. The van der Waals surface area contributed by atoms with E-state index < -0.39 is 0 Å². The number of hydrogen-bond acceptors (Lipinski definition) is 9. The lowest BCUT2D eigenvalue weighted by molar-refractivity contribution is 0.395. The molecule has 2 heterocycles. The Morgan fingerprint density at radius 3 is 2.83 bits per heavy atom. The number of nitrogens with zero attached hydrogens (tertiary/aromatic N) is 6. The summed E-state index contributed by atoms with van der Waals surface area (Å²) in [5.41, 5.74) is 8.29. The molecule has 184 valence electrons. The van der Waals surface area contributed by atoms with Crippen molar-refractivity contribution >= 4 is 24.0 Å². The number of aliphatic imine (C=N–C) groups is 2. The molecule has 0 unspecified atom stereocenters. The highest BCUT2D eigenvalue weighted by Gasteiger charge is 2.15. The Morgan fingerprint density at radius 1 is 1.26 bits per heavy atom. The average Bonchev–Trinajstić information content (AvgIpc) is 3.37. The summed E-state index contributed by atoms with van der Waals surface area (Å²) in [6.45, 7) is 3.42. The van der Waals surface area contributed by atoms with Gasteiger partial charge >= 0.3 is 0 Å². The van der Waals surface area contributed by atoms with Crippen molar-refractivity contribution in [3.8, 4) is 28.6 Å². The van der Waals surface area contributed by atoms with E-state index in [-0.39, 0.29) is 5.82 Å². The van der Waals surface area contributed by atoms with Gasteiger partial charge < -0.3 is 15.0 Å². The third kappa shape index (κ3) is 7.36. The number of carbonyl (C=O) groups excluding carboxylic acids is 1. The van der Waals surface area contributed by atoms with Crippen molar-refractivity contribution < 1.29 is 18.4 Å². The smallest absolute Gasteiger partial charge is 0.234 e. The van der Waals surface area contributed by atoms with Gasteiger partial charge in [0.15, 0.2) is 5.76 Å². The first-order chi connectivity index (χ1) is 17.0. The number of aromatic nitrogens is 3. The molecular formula is C23H26FN7O3S. The van der Waals surface area contributed by atoms with Gasteiger partial charge in [0.05, 0.1) is 26.0 Å². The lowest BCUT2D eigenvalue weighted by atomic mass is 10.1. The van der Waals surface area contributed by atoms with Crippen molar-refractivity contribution in [3.63, 3.8) is 0 Å². The fraction of sp³-hybridized carbons (Fsp3) is 0.348. The maximum Gasteiger partial charge on any atom is 0.234 e. The molecule has 1 aromatic carbocycles. The highest BCUT2D eigenvalue weighted by Crippen LogP contribution is 2.28. The molecule has 0 aliphatic heterocycles. The molecule has 0 aliphatic carbocycles. The Labute approximate surface area is 206 Å². The minimum absolute atomic E-state index is 0.330. The van der Waals surface area contributed by atoms with Crippen molar-refractivity contribution in [3.05, 3.63) is 48.0 Å². The number of halogens is 1. The molecule has 35 heavy (non-hydrogen) atoms. The molecule has 10 nitrogen and oxygen atoms in total. The van der Waals surface area contributed by atoms with Crippen LogP contribution in [0.25, 0.3) is 22.7 Å². The third-order valence-electron chi connectivity index (χ3n) is 4.84.